The van der Waals surface area contributed by atoms with E-state index in [4.69, 9.17) is 11.6 Å². The Balaban J connectivity index is 1.77. The number of hydrogen-bond donors (Lipinski definition) is 1. The molecule has 0 unspecified atom stereocenters. The number of rotatable bonds is 6. The Morgan fingerprint density at radius 1 is 1.06 bits per heavy atom. The van der Waals surface area contributed by atoms with Crippen molar-refractivity contribution in [1.29, 1.82) is 0 Å². The van der Waals surface area contributed by atoms with Crippen LogP contribution in [0.1, 0.15) is 18.1 Å². The Morgan fingerprint density at radius 3 is 2.45 bits per heavy atom. The second-order valence-electron chi connectivity index (χ2n) is 7.55. The summed E-state index contributed by atoms with van der Waals surface area (Å²) in [5.74, 6) is 0.356. The molecule has 0 aliphatic rings. The van der Waals surface area contributed by atoms with Crippen molar-refractivity contribution >= 4 is 40.5 Å². The molecule has 8 nitrogen and oxygen atoms in total. The van der Waals surface area contributed by atoms with Crippen LogP contribution in [-0.2, 0) is 20.6 Å². The summed E-state index contributed by atoms with van der Waals surface area (Å²) in [6.45, 7) is 2.21. The van der Waals surface area contributed by atoms with Gasteiger partial charge in [-0.25, -0.2) is 10.2 Å². The predicted molar refractivity (Wildman–Crippen MR) is 133 cm³/mol. The molecule has 2 aromatic heterocycles. The molecule has 0 aliphatic carbocycles. The molecule has 0 spiro atoms. The van der Waals surface area contributed by atoms with Gasteiger partial charge >= 0.3 is 5.69 Å². The summed E-state index contributed by atoms with van der Waals surface area (Å²) in [4.78, 5) is 29.9. The number of nitrogens with zero attached hydrogens (tertiary/aromatic N) is 5. The first kappa shape index (κ1) is 22.3. The summed E-state index contributed by atoms with van der Waals surface area (Å²) in [6, 6.07) is 17.2. The quantitative estimate of drug-likeness (QED) is 0.350. The van der Waals surface area contributed by atoms with Crippen LogP contribution >= 0.6 is 11.6 Å². The van der Waals surface area contributed by atoms with Gasteiger partial charge in [-0.2, -0.15) is 10.1 Å². The highest BCUT2D eigenvalue weighted by atomic mass is 35.5. The number of halogens is 1. The Labute approximate surface area is 195 Å². The Kier molecular flexibility index (Phi) is 6.28. The Hall–Kier alpha value is -3.91. The number of fused-ring (bicyclic) bond motifs is 1. The Morgan fingerprint density at radius 2 is 1.76 bits per heavy atom. The van der Waals surface area contributed by atoms with Gasteiger partial charge in [0.25, 0.3) is 5.56 Å². The van der Waals surface area contributed by atoms with Crippen molar-refractivity contribution in [2.45, 2.75) is 13.5 Å². The smallest absolute Gasteiger partial charge is 0.299 e. The third-order valence-electron chi connectivity index (χ3n) is 5.33. The molecule has 2 aromatic carbocycles. The summed E-state index contributed by atoms with van der Waals surface area (Å²) < 4.78 is 4.15. The van der Waals surface area contributed by atoms with Gasteiger partial charge in [-0.3, -0.25) is 18.5 Å². The molecular formula is C24H23ClN6O2. The lowest BCUT2D eigenvalue weighted by molar-refractivity contribution is 0.703. The van der Waals surface area contributed by atoms with Crippen LogP contribution in [-0.4, -0.2) is 24.4 Å². The third-order valence-corrected chi connectivity index (χ3v) is 5.58. The lowest BCUT2D eigenvalue weighted by Crippen LogP contribution is -2.37. The third kappa shape index (κ3) is 4.51. The van der Waals surface area contributed by atoms with Crippen molar-refractivity contribution in [1.82, 2.24) is 18.7 Å². The van der Waals surface area contributed by atoms with Gasteiger partial charge in [-0.15, -0.1) is 0 Å². The number of benzene rings is 2. The van der Waals surface area contributed by atoms with Gasteiger partial charge in [-0.1, -0.05) is 66.2 Å². The molecule has 33 heavy (non-hydrogen) atoms. The molecule has 1 N–H and O–H groups in total. The van der Waals surface area contributed by atoms with E-state index < -0.39 is 11.2 Å². The minimum atomic E-state index is -0.440. The van der Waals surface area contributed by atoms with Crippen LogP contribution in [0.3, 0.4) is 0 Å². The van der Waals surface area contributed by atoms with Crippen LogP contribution < -0.4 is 16.7 Å². The van der Waals surface area contributed by atoms with Crippen molar-refractivity contribution in [3.05, 3.63) is 97.7 Å². The molecule has 0 bridgehead atoms. The van der Waals surface area contributed by atoms with E-state index in [9.17, 15) is 9.59 Å². The molecule has 4 rings (SSSR count). The molecule has 2 heterocycles. The molecule has 0 atom stereocenters. The van der Waals surface area contributed by atoms with Crippen LogP contribution in [0.15, 0.2) is 75.4 Å². The number of nitrogens with one attached hydrogen (secondary N) is 1. The van der Waals surface area contributed by atoms with Gasteiger partial charge in [0, 0.05) is 25.7 Å². The molecule has 0 amide bonds. The number of aromatic nitrogens is 4. The molecule has 0 fully saturated rings. The van der Waals surface area contributed by atoms with Crippen molar-refractivity contribution in [2.75, 3.05) is 5.43 Å². The van der Waals surface area contributed by atoms with Crippen LogP contribution in [0.2, 0.25) is 5.02 Å². The minimum absolute atomic E-state index is 0.290. The SMILES string of the molecule is CC(=NNc1nc2c(c(=O)n(C)c(=O)n2C)n1CC=Cc1ccccc1)c1ccc(Cl)cc1. The molecule has 168 valence electrons. The highest BCUT2D eigenvalue weighted by Gasteiger charge is 2.18. The highest BCUT2D eigenvalue weighted by molar-refractivity contribution is 6.30. The molecular weight excluding hydrogens is 440 g/mol. The first-order valence-corrected chi connectivity index (χ1v) is 10.7. The summed E-state index contributed by atoms with van der Waals surface area (Å²) in [7, 11) is 3.05. The summed E-state index contributed by atoms with van der Waals surface area (Å²) in [6.07, 6.45) is 3.90. The Bertz CT molecular complexity index is 1480. The first-order chi connectivity index (χ1) is 15.9. The summed E-state index contributed by atoms with van der Waals surface area (Å²) in [5.41, 5.74) is 5.36. The van der Waals surface area contributed by atoms with Gasteiger partial charge in [0.1, 0.15) is 0 Å². The molecule has 0 aliphatic heterocycles. The zero-order valence-electron chi connectivity index (χ0n) is 18.5. The minimum Gasteiger partial charge on any atom is -0.299 e. The number of hydrazone groups is 1. The lowest BCUT2D eigenvalue weighted by atomic mass is 10.1. The number of anilines is 1. The molecule has 0 saturated carbocycles. The van der Waals surface area contributed by atoms with Crippen molar-refractivity contribution < 1.29 is 0 Å². The largest absolute Gasteiger partial charge is 0.332 e. The molecule has 0 saturated heterocycles. The number of imidazole rings is 1. The average molecular weight is 463 g/mol. The summed E-state index contributed by atoms with van der Waals surface area (Å²) in [5, 5.41) is 5.08. The topological polar surface area (TPSA) is 86.2 Å². The predicted octanol–water partition coefficient (Wildman–Crippen LogP) is 3.64. The average Bonchev–Trinajstić information content (AvgIpc) is 3.19. The van der Waals surface area contributed by atoms with Gasteiger partial charge < -0.3 is 0 Å². The van der Waals surface area contributed by atoms with Crippen LogP contribution in [0.4, 0.5) is 5.95 Å². The van der Waals surface area contributed by atoms with E-state index in [1.807, 2.05) is 61.5 Å². The molecule has 4 aromatic rings. The van der Waals surface area contributed by atoms with E-state index in [0.29, 0.717) is 28.7 Å². The van der Waals surface area contributed by atoms with Gasteiger partial charge in [0.15, 0.2) is 11.2 Å². The van der Waals surface area contributed by atoms with Crippen molar-refractivity contribution in [3.63, 3.8) is 0 Å². The number of aryl methyl sites for hydroxylation is 1. The fourth-order valence-corrected chi connectivity index (χ4v) is 3.58. The highest BCUT2D eigenvalue weighted by Crippen LogP contribution is 2.17. The monoisotopic (exact) mass is 462 g/mol. The maximum absolute atomic E-state index is 12.9. The second kappa shape index (κ2) is 9.30. The van der Waals surface area contributed by atoms with E-state index in [-0.39, 0.29) is 5.65 Å². The van der Waals surface area contributed by atoms with Crippen LogP contribution in [0, 0.1) is 0 Å². The first-order valence-electron chi connectivity index (χ1n) is 10.3. The molecule has 9 heteroatoms. The van der Waals surface area contributed by atoms with E-state index in [1.165, 1.54) is 11.6 Å². The molecule has 0 radical (unpaired) electrons. The van der Waals surface area contributed by atoms with E-state index in [2.05, 4.69) is 15.5 Å². The van der Waals surface area contributed by atoms with Gasteiger partial charge in [-0.05, 0) is 30.2 Å². The fraction of sp³-hybridized carbons (Fsp3) is 0.167. The van der Waals surface area contributed by atoms with Crippen LogP contribution in [0.5, 0.6) is 0 Å². The van der Waals surface area contributed by atoms with E-state index in [1.54, 1.807) is 23.7 Å². The number of hydrogen-bond acceptors (Lipinski definition) is 5. The van der Waals surface area contributed by atoms with E-state index >= 15 is 0 Å². The van der Waals surface area contributed by atoms with E-state index in [0.717, 1.165) is 15.7 Å². The number of allylic oxidation sites excluding steroid dienone is 1. The maximum atomic E-state index is 12.9. The zero-order chi connectivity index (χ0) is 23.5. The van der Waals surface area contributed by atoms with Gasteiger partial charge in [0.2, 0.25) is 5.95 Å². The standard InChI is InChI=1S/C24H23ClN6O2/c1-16(18-11-13-19(25)14-12-18)27-28-23-26-21-20(22(32)30(3)24(33)29(21)2)31(23)15-7-10-17-8-5-4-6-9-17/h4-14H,15H2,1-3H3,(H,26,28). The van der Waals surface area contributed by atoms with Crippen molar-refractivity contribution in [2.24, 2.45) is 19.2 Å². The summed E-state index contributed by atoms with van der Waals surface area (Å²) >= 11 is 5.97. The van der Waals surface area contributed by atoms with Crippen LogP contribution in [0.25, 0.3) is 17.2 Å². The lowest BCUT2D eigenvalue weighted by Gasteiger charge is -2.07. The maximum Gasteiger partial charge on any atom is 0.332 e. The normalized spacial score (nSPS) is 12.1. The van der Waals surface area contributed by atoms with Crippen molar-refractivity contribution in [3.8, 4) is 0 Å². The second-order valence-corrected chi connectivity index (χ2v) is 7.99. The van der Waals surface area contributed by atoms with Gasteiger partial charge in [0.05, 0.1) is 5.71 Å². The zero-order valence-corrected chi connectivity index (χ0v) is 19.2. The fourth-order valence-electron chi connectivity index (χ4n) is 3.46.